The summed E-state index contributed by atoms with van der Waals surface area (Å²) in [6, 6.07) is 7.82. The van der Waals surface area contributed by atoms with Crippen molar-refractivity contribution in [3.8, 4) is 5.69 Å². The Hall–Kier alpha value is -1.61. The largest absolute Gasteiger partial charge is 0.303 e. The fourth-order valence-electron chi connectivity index (χ4n) is 4.59. The van der Waals surface area contributed by atoms with Crippen molar-refractivity contribution in [2.45, 2.75) is 63.7 Å². The molecule has 0 N–H and O–H groups in total. The molecule has 4 heteroatoms. The van der Waals surface area contributed by atoms with Crippen LogP contribution in [0, 0.1) is 5.92 Å². The number of hydrogen-bond donors (Lipinski definition) is 0. The van der Waals surface area contributed by atoms with Crippen molar-refractivity contribution < 1.29 is 4.79 Å². The van der Waals surface area contributed by atoms with E-state index in [4.69, 9.17) is 16.7 Å². The maximum Gasteiger partial charge on any atom is 0.129 e. The molecule has 1 fully saturated rings. The predicted octanol–water partition coefficient (Wildman–Crippen LogP) is 5.27. The van der Waals surface area contributed by atoms with Crippen LogP contribution in [-0.4, -0.2) is 16.1 Å². The van der Waals surface area contributed by atoms with Crippen molar-refractivity contribution in [3.63, 3.8) is 0 Å². The van der Waals surface area contributed by atoms with Gasteiger partial charge in [0, 0.05) is 5.02 Å². The van der Waals surface area contributed by atoms with E-state index in [1.165, 1.54) is 49.6 Å². The van der Waals surface area contributed by atoms with Gasteiger partial charge in [-0.1, -0.05) is 30.9 Å². The Kier molecular flexibility index (Phi) is 4.93. The molecule has 0 saturated heterocycles. The molecule has 0 spiro atoms. The highest BCUT2D eigenvalue weighted by atomic mass is 35.5. The number of fused-ring (bicyclic) bond motifs is 1. The van der Waals surface area contributed by atoms with E-state index in [0.717, 1.165) is 42.1 Å². The molecule has 2 aliphatic carbocycles. The fourth-order valence-corrected chi connectivity index (χ4v) is 4.72. The van der Waals surface area contributed by atoms with Crippen LogP contribution in [0.4, 0.5) is 0 Å². The summed E-state index contributed by atoms with van der Waals surface area (Å²) in [5.74, 6) is 0.422. The summed E-state index contributed by atoms with van der Waals surface area (Å²) in [5, 5.41) is 5.65. The molecule has 1 aromatic carbocycles. The van der Waals surface area contributed by atoms with Gasteiger partial charge < -0.3 is 4.79 Å². The number of aldehydes is 1. The molecule has 1 aromatic heterocycles. The summed E-state index contributed by atoms with van der Waals surface area (Å²) in [6.45, 7) is 0. The second-order valence-corrected chi connectivity index (χ2v) is 7.90. The van der Waals surface area contributed by atoms with E-state index >= 15 is 0 Å². The molecule has 1 saturated carbocycles. The maximum atomic E-state index is 12.2. The van der Waals surface area contributed by atoms with Crippen LogP contribution in [0.5, 0.6) is 0 Å². The van der Waals surface area contributed by atoms with Crippen LogP contribution in [0.3, 0.4) is 0 Å². The van der Waals surface area contributed by atoms with Gasteiger partial charge in [0.25, 0.3) is 0 Å². The van der Waals surface area contributed by atoms with Crippen molar-refractivity contribution in [2.75, 3.05) is 0 Å². The normalized spacial score (nSPS) is 19.4. The molecule has 0 radical (unpaired) electrons. The second kappa shape index (κ2) is 7.33. The third-order valence-electron chi connectivity index (χ3n) is 5.89. The van der Waals surface area contributed by atoms with Crippen molar-refractivity contribution >= 4 is 17.9 Å². The Labute approximate surface area is 154 Å². The van der Waals surface area contributed by atoms with Gasteiger partial charge in [-0.2, -0.15) is 5.10 Å². The van der Waals surface area contributed by atoms with Gasteiger partial charge in [-0.05, 0) is 74.3 Å². The predicted molar refractivity (Wildman–Crippen MR) is 101 cm³/mol. The van der Waals surface area contributed by atoms with Crippen molar-refractivity contribution in [3.05, 3.63) is 46.2 Å². The molecule has 0 aliphatic heterocycles. The number of benzene rings is 1. The van der Waals surface area contributed by atoms with Gasteiger partial charge in [0.1, 0.15) is 6.29 Å². The summed E-state index contributed by atoms with van der Waals surface area (Å²) in [5.41, 5.74) is 4.69. The lowest BCUT2D eigenvalue weighted by molar-refractivity contribution is -0.110. The van der Waals surface area contributed by atoms with Crippen molar-refractivity contribution in [1.82, 2.24) is 9.78 Å². The Morgan fingerprint density at radius 1 is 1.04 bits per heavy atom. The van der Waals surface area contributed by atoms with Crippen LogP contribution in [0.1, 0.15) is 67.8 Å². The van der Waals surface area contributed by atoms with E-state index in [1.54, 1.807) is 0 Å². The molecule has 132 valence electrons. The van der Waals surface area contributed by atoms with E-state index in [-0.39, 0.29) is 5.92 Å². The first-order valence-corrected chi connectivity index (χ1v) is 9.97. The fraction of sp³-hybridized carbons (Fsp3) is 0.524. The van der Waals surface area contributed by atoms with Crippen molar-refractivity contribution in [2.24, 2.45) is 5.92 Å². The lowest BCUT2D eigenvalue weighted by Crippen LogP contribution is -2.22. The molecule has 0 bridgehead atoms. The zero-order valence-corrected chi connectivity index (χ0v) is 15.3. The number of halogens is 1. The average Bonchev–Trinajstić information content (AvgIpc) is 3.04. The van der Waals surface area contributed by atoms with Gasteiger partial charge in [-0.25, -0.2) is 4.68 Å². The smallest absolute Gasteiger partial charge is 0.129 e. The highest BCUT2D eigenvalue weighted by Crippen LogP contribution is 2.39. The lowest BCUT2D eigenvalue weighted by atomic mass is 9.77. The van der Waals surface area contributed by atoms with Gasteiger partial charge in [0.15, 0.2) is 0 Å². The number of rotatable bonds is 4. The van der Waals surface area contributed by atoms with Crippen LogP contribution in [0.15, 0.2) is 24.3 Å². The maximum absolute atomic E-state index is 12.2. The van der Waals surface area contributed by atoms with Crippen LogP contribution in [-0.2, 0) is 17.6 Å². The van der Waals surface area contributed by atoms with Crippen LogP contribution in [0.25, 0.3) is 5.69 Å². The van der Waals surface area contributed by atoms with Crippen LogP contribution in [0.2, 0.25) is 5.02 Å². The first-order valence-electron chi connectivity index (χ1n) is 9.60. The van der Waals surface area contributed by atoms with E-state index in [0.29, 0.717) is 5.92 Å². The Balaban J connectivity index is 1.82. The third kappa shape index (κ3) is 3.27. The number of nitrogens with zero attached hydrogens (tertiary/aromatic N) is 2. The molecule has 1 unspecified atom stereocenters. The molecular formula is C21H25ClN2O. The Bertz CT molecular complexity index is 744. The minimum atomic E-state index is -0.0367. The number of aryl methyl sites for hydroxylation is 1. The van der Waals surface area contributed by atoms with Crippen LogP contribution >= 0.6 is 11.6 Å². The molecule has 1 heterocycles. The number of hydrogen-bond acceptors (Lipinski definition) is 2. The van der Waals surface area contributed by atoms with Gasteiger partial charge in [0.2, 0.25) is 0 Å². The Morgan fingerprint density at radius 2 is 1.76 bits per heavy atom. The molecule has 3 nitrogen and oxygen atoms in total. The van der Waals surface area contributed by atoms with Gasteiger partial charge in [-0.3, -0.25) is 0 Å². The zero-order chi connectivity index (χ0) is 17.2. The van der Waals surface area contributed by atoms with Gasteiger partial charge in [-0.15, -0.1) is 0 Å². The zero-order valence-electron chi connectivity index (χ0n) is 14.6. The third-order valence-corrected chi connectivity index (χ3v) is 6.14. The number of aromatic nitrogens is 2. The second-order valence-electron chi connectivity index (χ2n) is 7.47. The Morgan fingerprint density at radius 3 is 2.48 bits per heavy atom. The minimum Gasteiger partial charge on any atom is -0.303 e. The summed E-state index contributed by atoms with van der Waals surface area (Å²) in [4.78, 5) is 12.2. The standard InChI is InChI=1S/C21H25ClN2O/c22-16-10-12-17(13-11-16)24-21(18-8-4-5-9-20(18)23-24)19(14-25)15-6-2-1-3-7-15/h10-15,19H,1-9H2. The summed E-state index contributed by atoms with van der Waals surface area (Å²) < 4.78 is 2.04. The molecule has 4 rings (SSSR count). The first-order chi connectivity index (χ1) is 12.3. The monoisotopic (exact) mass is 356 g/mol. The molecule has 2 aliphatic rings. The molecular weight excluding hydrogens is 332 g/mol. The highest BCUT2D eigenvalue weighted by molar-refractivity contribution is 6.30. The van der Waals surface area contributed by atoms with E-state index in [9.17, 15) is 4.79 Å². The SMILES string of the molecule is O=CC(c1c2c(nn1-c1ccc(Cl)cc1)CCCC2)C1CCCCC1. The average molecular weight is 357 g/mol. The number of carbonyl (C=O) groups excluding carboxylic acids is 1. The summed E-state index contributed by atoms with van der Waals surface area (Å²) in [7, 11) is 0. The van der Waals surface area contributed by atoms with E-state index < -0.39 is 0 Å². The van der Waals surface area contributed by atoms with E-state index in [2.05, 4.69) is 0 Å². The minimum absolute atomic E-state index is 0.0367. The number of carbonyl (C=O) groups is 1. The molecule has 2 aromatic rings. The lowest BCUT2D eigenvalue weighted by Gasteiger charge is -2.28. The topological polar surface area (TPSA) is 34.9 Å². The van der Waals surface area contributed by atoms with Gasteiger partial charge in [0.05, 0.1) is 23.0 Å². The summed E-state index contributed by atoms with van der Waals surface area (Å²) >= 11 is 6.07. The van der Waals surface area contributed by atoms with E-state index in [1.807, 2.05) is 28.9 Å². The quantitative estimate of drug-likeness (QED) is 0.699. The highest BCUT2D eigenvalue weighted by Gasteiger charge is 2.32. The first kappa shape index (κ1) is 16.8. The molecule has 1 atom stereocenters. The van der Waals surface area contributed by atoms with Crippen molar-refractivity contribution in [1.29, 1.82) is 0 Å². The van der Waals surface area contributed by atoms with Gasteiger partial charge >= 0.3 is 0 Å². The molecule has 25 heavy (non-hydrogen) atoms. The van der Waals surface area contributed by atoms with Crippen LogP contribution < -0.4 is 0 Å². The summed E-state index contributed by atoms with van der Waals surface area (Å²) in [6.07, 6.45) is 11.8. The molecule has 0 amide bonds.